The van der Waals surface area contributed by atoms with Gasteiger partial charge in [-0.05, 0) is 30.7 Å². The highest BCUT2D eigenvalue weighted by Crippen LogP contribution is 2.21. The summed E-state index contributed by atoms with van der Waals surface area (Å²) < 4.78 is 16.5. The molecule has 0 fully saturated rings. The predicted octanol–water partition coefficient (Wildman–Crippen LogP) is 3.64. The molecule has 0 unspecified atom stereocenters. The van der Waals surface area contributed by atoms with Gasteiger partial charge in [-0.3, -0.25) is 0 Å². The number of ether oxygens (including phenoxy) is 1. The molecule has 3 rings (SSSR count). The average Bonchev–Trinajstić information content (AvgIpc) is 3.21. The van der Waals surface area contributed by atoms with E-state index < -0.39 is 0 Å². The molecule has 6 heteroatoms. The number of benzene rings is 1. The van der Waals surface area contributed by atoms with E-state index in [0.29, 0.717) is 18.3 Å². The zero-order valence-electron chi connectivity index (χ0n) is 12.6. The van der Waals surface area contributed by atoms with Crippen LogP contribution in [0, 0.1) is 18.3 Å². The van der Waals surface area contributed by atoms with Crippen LogP contribution in [-0.4, -0.2) is 4.98 Å². The van der Waals surface area contributed by atoms with Gasteiger partial charge >= 0.3 is 0 Å². The summed E-state index contributed by atoms with van der Waals surface area (Å²) in [5.41, 5.74) is 1.22. The largest absolute Gasteiger partial charge is 0.484 e. The molecule has 0 aliphatic heterocycles. The minimum Gasteiger partial charge on any atom is -0.484 e. The fourth-order valence-electron chi connectivity index (χ4n) is 2.06. The molecule has 6 nitrogen and oxygen atoms in total. The van der Waals surface area contributed by atoms with E-state index in [1.165, 1.54) is 0 Å². The Hall–Kier alpha value is -3.20. The molecular formula is C17H15N3O3. The third kappa shape index (κ3) is 3.52. The molecule has 0 atom stereocenters. The molecule has 0 radical (unpaired) electrons. The minimum absolute atomic E-state index is 0.155. The van der Waals surface area contributed by atoms with Gasteiger partial charge in [0.05, 0.1) is 12.8 Å². The maximum Gasteiger partial charge on any atom is 0.236 e. The van der Waals surface area contributed by atoms with Crippen LogP contribution in [0.15, 0.2) is 51.5 Å². The van der Waals surface area contributed by atoms with Crippen molar-refractivity contribution in [3.8, 4) is 11.8 Å². The number of anilines is 1. The lowest BCUT2D eigenvalue weighted by Crippen LogP contribution is -1.98. The van der Waals surface area contributed by atoms with Crippen molar-refractivity contribution in [3.05, 3.63) is 65.6 Å². The summed E-state index contributed by atoms with van der Waals surface area (Å²) in [6.07, 6.45) is 1.59. The lowest BCUT2D eigenvalue weighted by molar-refractivity contribution is 0.263. The zero-order valence-corrected chi connectivity index (χ0v) is 12.6. The van der Waals surface area contributed by atoms with Crippen LogP contribution in [0.3, 0.4) is 0 Å². The second kappa shape index (κ2) is 6.71. The van der Waals surface area contributed by atoms with Gasteiger partial charge in [-0.15, -0.1) is 0 Å². The summed E-state index contributed by atoms with van der Waals surface area (Å²) in [5.74, 6) is 2.15. The van der Waals surface area contributed by atoms with Crippen LogP contribution < -0.4 is 10.1 Å². The number of hydrogen-bond donors (Lipinski definition) is 1. The van der Waals surface area contributed by atoms with Crippen LogP contribution >= 0.6 is 0 Å². The highest BCUT2D eigenvalue weighted by atomic mass is 16.5. The number of aromatic nitrogens is 1. The number of nitriles is 1. The summed E-state index contributed by atoms with van der Waals surface area (Å²) >= 11 is 0. The first kappa shape index (κ1) is 14.7. The van der Waals surface area contributed by atoms with E-state index in [4.69, 9.17) is 18.8 Å². The Labute approximate surface area is 133 Å². The molecule has 0 spiro atoms. The van der Waals surface area contributed by atoms with Crippen LogP contribution in [0.2, 0.25) is 0 Å². The third-order valence-electron chi connectivity index (χ3n) is 3.23. The van der Waals surface area contributed by atoms with Crippen LogP contribution in [-0.2, 0) is 13.2 Å². The lowest BCUT2D eigenvalue weighted by atomic mass is 10.2. The second-order valence-electron chi connectivity index (χ2n) is 4.88. The molecule has 116 valence electrons. The zero-order chi connectivity index (χ0) is 16.1. The normalized spacial score (nSPS) is 10.3. The highest BCUT2D eigenvalue weighted by molar-refractivity contribution is 5.45. The monoisotopic (exact) mass is 309 g/mol. The number of aryl methyl sites for hydroxylation is 1. The molecule has 0 saturated heterocycles. The Morgan fingerprint density at radius 3 is 2.87 bits per heavy atom. The molecule has 0 amide bonds. The molecule has 0 bridgehead atoms. The van der Waals surface area contributed by atoms with Crippen molar-refractivity contribution in [1.82, 2.24) is 4.98 Å². The van der Waals surface area contributed by atoms with Gasteiger partial charge in [-0.25, -0.2) is 0 Å². The molecule has 1 N–H and O–H groups in total. The first-order chi connectivity index (χ1) is 11.3. The lowest BCUT2D eigenvalue weighted by Gasteiger charge is -2.06. The van der Waals surface area contributed by atoms with E-state index >= 15 is 0 Å². The van der Waals surface area contributed by atoms with Crippen molar-refractivity contribution in [2.75, 3.05) is 5.32 Å². The van der Waals surface area contributed by atoms with Gasteiger partial charge in [0.25, 0.3) is 0 Å². The van der Waals surface area contributed by atoms with E-state index in [0.717, 1.165) is 17.1 Å². The molecule has 3 aromatic rings. The molecule has 2 heterocycles. The van der Waals surface area contributed by atoms with Crippen molar-refractivity contribution in [2.45, 2.75) is 20.1 Å². The maximum absolute atomic E-state index is 9.14. The number of hydrogen-bond acceptors (Lipinski definition) is 6. The van der Waals surface area contributed by atoms with Gasteiger partial charge in [0.1, 0.15) is 17.6 Å². The Morgan fingerprint density at radius 2 is 2.13 bits per heavy atom. The number of nitrogens with one attached hydrogen (secondary N) is 1. The molecular weight excluding hydrogens is 294 g/mol. The van der Waals surface area contributed by atoms with Gasteiger partial charge in [0, 0.05) is 0 Å². The Balaban J connectivity index is 1.66. The average molecular weight is 309 g/mol. The van der Waals surface area contributed by atoms with Crippen LogP contribution in [0.4, 0.5) is 5.88 Å². The van der Waals surface area contributed by atoms with Crippen molar-refractivity contribution < 1.29 is 13.6 Å². The number of furan rings is 1. The van der Waals surface area contributed by atoms with Crippen LogP contribution in [0.1, 0.15) is 22.9 Å². The Bertz CT molecular complexity index is 816. The van der Waals surface area contributed by atoms with Gasteiger partial charge < -0.3 is 18.9 Å². The summed E-state index contributed by atoms with van der Waals surface area (Å²) in [6.45, 7) is 2.53. The standard InChI is InChI=1S/C17H15N3O3/c1-12-5-2-3-7-15(12)22-11-16-20-14(9-18)17(23-16)19-10-13-6-4-8-21-13/h2-8,19H,10-11H2,1H3. The fourth-order valence-corrected chi connectivity index (χ4v) is 2.06. The van der Waals surface area contributed by atoms with Gasteiger partial charge in [-0.2, -0.15) is 10.2 Å². The molecule has 1 aromatic carbocycles. The Kier molecular flexibility index (Phi) is 4.29. The van der Waals surface area contributed by atoms with E-state index in [2.05, 4.69) is 10.3 Å². The van der Waals surface area contributed by atoms with E-state index in [-0.39, 0.29) is 12.3 Å². The number of rotatable bonds is 6. The summed E-state index contributed by atoms with van der Waals surface area (Å²) in [4.78, 5) is 4.13. The van der Waals surface area contributed by atoms with E-state index in [9.17, 15) is 0 Å². The summed E-state index contributed by atoms with van der Waals surface area (Å²) in [5, 5.41) is 12.1. The topological polar surface area (TPSA) is 84.2 Å². The van der Waals surface area contributed by atoms with E-state index in [1.54, 1.807) is 12.3 Å². The first-order valence-corrected chi connectivity index (χ1v) is 7.11. The minimum atomic E-state index is 0.155. The SMILES string of the molecule is Cc1ccccc1OCc1nc(C#N)c(NCc2ccco2)o1. The number of oxazole rings is 1. The van der Waals surface area contributed by atoms with Gasteiger partial charge in [0.2, 0.25) is 17.5 Å². The van der Waals surface area contributed by atoms with Crippen LogP contribution in [0.25, 0.3) is 0 Å². The van der Waals surface area contributed by atoms with Crippen molar-refractivity contribution in [1.29, 1.82) is 5.26 Å². The second-order valence-corrected chi connectivity index (χ2v) is 4.88. The molecule has 2 aromatic heterocycles. The molecule has 23 heavy (non-hydrogen) atoms. The molecule has 0 aliphatic carbocycles. The highest BCUT2D eigenvalue weighted by Gasteiger charge is 2.14. The molecule has 0 saturated carbocycles. The predicted molar refractivity (Wildman–Crippen MR) is 82.8 cm³/mol. The maximum atomic E-state index is 9.14. The first-order valence-electron chi connectivity index (χ1n) is 7.11. The summed E-state index contributed by atoms with van der Waals surface area (Å²) in [7, 11) is 0. The van der Waals surface area contributed by atoms with Gasteiger partial charge in [-0.1, -0.05) is 18.2 Å². The molecule has 0 aliphatic rings. The van der Waals surface area contributed by atoms with Crippen molar-refractivity contribution in [2.24, 2.45) is 0 Å². The fraction of sp³-hybridized carbons (Fsp3) is 0.176. The quantitative estimate of drug-likeness (QED) is 0.748. The third-order valence-corrected chi connectivity index (χ3v) is 3.23. The summed E-state index contributed by atoms with van der Waals surface area (Å²) in [6, 6.07) is 13.3. The number of nitrogens with zero attached hydrogens (tertiary/aromatic N) is 2. The smallest absolute Gasteiger partial charge is 0.236 e. The number of para-hydroxylation sites is 1. The Morgan fingerprint density at radius 1 is 1.26 bits per heavy atom. The van der Waals surface area contributed by atoms with Crippen molar-refractivity contribution >= 4 is 5.88 Å². The van der Waals surface area contributed by atoms with E-state index in [1.807, 2.05) is 43.3 Å². The van der Waals surface area contributed by atoms with Gasteiger partial charge in [0.15, 0.2) is 6.61 Å². The van der Waals surface area contributed by atoms with Crippen molar-refractivity contribution in [3.63, 3.8) is 0 Å². The van der Waals surface area contributed by atoms with Crippen LogP contribution in [0.5, 0.6) is 5.75 Å².